The number of ether oxygens (including phenoxy) is 1. The molecule has 0 N–H and O–H groups in total. The fourth-order valence-corrected chi connectivity index (χ4v) is 1.84. The molecule has 1 rings (SSSR count). The lowest BCUT2D eigenvalue weighted by molar-refractivity contribution is -0.165. The molecule has 0 radical (unpaired) electrons. The average Bonchev–Trinajstić information content (AvgIpc) is 2.42. The van der Waals surface area contributed by atoms with E-state index >= 15 is 0 Å². The van der Waals surface area contributed by atoms with Crippen molar-refractivity contribution in [2.24, 2.45) is 5.92 Å². The van der Waals surface area contributed by atoms with Crippen LogP contribution < -0.4 is 0 Å². The van der Waals surface area contributed by atoms with Crippen molar-refractivity contribution in [3.8, 4) is 0 Å². The topological polar surface area (TPSA) is 46.6 Å². The van der Waals surface area contributed by atoms with E-state index in [0.717, 1.165) is 7.05 Å². The Balaban J connectivity index is 2.45. The van der Waals surface area contributed by atoms with Gasteiger partial charge in [-0.25, -0.2) is 4.39 Å². The van der Waals surface area contributed by atoms with Crippen LogP contribution in [0.25, 0.3) is 0 Å². The van der Waals surface area contributed by atoms with Gasteiger partial charge in [-0.3, -0.25) is 9.59 Å². The largest absolute Gasteiger partial charge is 0.455 e. The highest BCUT2D eigenvalue weighted by Crippen LogP contribution is 2.16. The number of carbonyl (C=O) groups is 2. The van der Waals surface area contributed by atoms with Crippen LogP contribution in [0.15, 0.2) is 24.3 Å². The first-order chi connectivity index (χ1) is 10.6. The van der Waals surface area contributed by atoms with E-state index in [-0.39, 0.29) is 6.42 Å². The maximum absolute atomic E-state index is 13.0. The van der Waals surface area contributed by atoms with Crippen molar-refractivity contribution in [2.75, 3.05) is 20.2 Å². The molecule has 0 saturated carbocycles. The van der Waals surface area contributed by atoms with Crippen LogP contribution in [0.2, 0.25) is 0 Å². The van der Waals surface area contributed by atoms with E-state index in [4.69, 9.17) is 4.74 Å². The summed E-state index contributed by atoms with van der Waals surface area (Å²) in [4.78, 5) is 23.6. The molecule has 0 aliphatic heterocycles. The monoisotopic (exact) mass is 335 g/mol. The predicted octanol–water partition coefficient (Wildman–Crippen LogP) is 2.57. The summed E-state index contributed by atoms with van der Waals surface area (Å²) in [5.74, 6) is -2.78. The van der Waals surface area contributed by atoms with Gasteiger partial charge in [0.25, 0.3) is 5.91 Å². The Labute approximate surface area is 131 Å². The second-order valence-corrected chi connectivity index (χ2v) is 5.21. The van der Waals surface area contributed by atoms with Gasteiger partial charge in [-0.2, -0.15) is 13.2 Å². The lowest BCUT2D eigenvalue weighted by Gasteiger charge is -2.19. The minimum atomic E-state index is -4.51. The summed E-state index contributed by atoms with van der Waals surface area (Å²) in [6, 6.07) is 5.67. The van der Waals surface area contributed by atoms with Crippen molar-refractivity contribution in [2.45, 2.75) is 19.5 Å². The van der Waals surface area contributed by atoms with E-state index in [0.29, 0.717) is 10.5 Å². The molecule has 0 bridgehead atoms. The van der Waals surface area contributed by atoms with Gasteiger partial charge in [-0.15, -0.1) is 0 Å². The predicted molar refractivity (Wildman–Crippen MR) is 73.9 cm³/mol. The molecule has 0 saturated heterocycles. The fourth-order valence-electron chi connectivity index (χ4n) is 1.84. The van der Waals surface area contributed by atoms with E-state index in [9.17, 15) is 27.2 Å². The van der Waals surface area contributed by atoms with E-state index in [2.05, 4.69) is 0 Å². The Kier molecular flexibility index (Phi) is 6.53. The number of esters is 1. The molecule has 1 aromatic carbocycles. The Hall–Kier alpha value is -2.12. The van der Waals surface area contributed by atoms with Gasteiger partial charge in [0, 0.05) is 7.05 Å². The van der Waals surface area contributed by atoms with Gasteiger partial charge in [0.05, 0.1) is 5.92 Å². The van der Waals surface area contributed by atoms with Crippen molar-refractivity contribution in [3.63, 3.8) is 0 Å². The fraction of sp³-hybridized carbons (Fsp3) is 0.467. The zero-order chi connectivity index (χ0) is 17.6. The first-order valence-corrected chi connectivity index (χ1v) is 6.80. The van der Waals surface area contributed by atoms with Gasteiger partial charge >= 0.3 is 12.1 Å². The summed E-state index contributed by atoms with van der Waals surface area (Å²) in [5, 5.41) is 0. The Morgan fingerprint density at radius 3 is 2.52 bits per heavy atom. The number of hydrogen-bond donors (Lipinski definition) is 0. The highest BCUT2D eigenvalue weighted by Gasteiger charge is 2.31. The van der Waals surface area contributed by atoms with Crippen molar-refractivity contribution < 1.29 is 31.9 Å². The smallest absolute Gasteiger partial charge is 0.406 e. The van der Waals surface area contributed by atoms with Gasteiger partial charge in [0.2, 0.25) is 0 Å². The van der Waals surface area contributed by atoms with Gasteiger partial charge < -0.3 is 9.64 Å². The summed E-state index contributed by atoms with van der Waals surface area (Å²) in [7, 11) is 0.972. The second kappa shape index (κ2) is 7.94. The minimum absolute atomic E-state index is 0.198. The zero-order valence-electron chi connectivity index (χ0n) is 12.7. The van der Waals surface area contributed by atoms with Crippen LogP contribution in [0.5, 0.6) is 0 Å². The molecule has 0 aromatic heterocycles. The third kappa shape index (κ3) is 7.12. The first-order valence-electron chi connectivity index (χ1n) is 6.80. The molecule has 1 atom stereocenters. The third-order valence-corrected chi connectivity index (χ3v) is 3.01. The number of likely N-dealkylation sites (N-methyl/N-ethyl adjacent to an activating group) is 1. The Morgan fingerprint density at radius 1 is 1.30 bits per heavy atom. The quantitative estimate of drug-likeness (QED) is 0.593. The lowest BCUT2D eigenvalue weighted by atomic mass is 10.0. The molecule has 0 aliphatic carbocycles. The maximum atomic E-state index is 13.0. The molecule has 23 heavy (non-hydrogen) atoms. The minimum Gasteiger partial charge on any atom is -0.455 e. The SMILES string of the molecule is CC(Cc1cccc(F)c1)C(=O)OCC(=O)N(C)CC(F)(F)F. The van der Waals surface area contributed by atoms with Crippen LogP contribution in [0.1, 0.15) is 12.5 Å². The van der Waals surface area contributed by atoms with Crippen molar-refractivity contribution >= 4 is 11.9 Å². The number of carbonyl (C=O) groups excluding carboxylic acids is 2. The Morgan fingerprint density at radius 2 is 1.96 bits per heavy atom. The molecule has 4 nitrogen and oxygen atoms in total. The van der Waals surface area contributed by atoms with Crippen LogP contribution in [0.3, 0.4) is 0 Å². The molecule has 128 valence electrons. The van der Waals surface area contributed by atoms with Crippen LogP contribution in [0, 0.1) is 11.7 Å². The normalized spacial score (nSPS) is 12.6. The molecule has 1 aromatic rings. The van der Waals surface area contributed by atoms with E-state index in [1.165, 1.54) is 25.1 Å². The second-order valence-electron chi connectivity index (χ2n) is 5.21. The summed E-state index contributed by atoms with van der Waals surface area (Å²) < 4.78 is 54.2. The van der Waals surface area contributed by atoms with Crippen LogP contribution in [-0.4, -0.2) is 43.2 Å². The van der Waals surface area contributed by atoms with Crippen LogP contribution in [0.4, 0.5) is 17.6 Å². The number of halogens is 4. The summed E-state index contributed by atoms with van der Waals surface area (Å²) in [5.41, 5.74) is 0.579. The number of nitrogens with zero attached hydrogens (tertiary/aromatic N) is 1. The highest BCUT2D eigenvalue weighted by atomic mass is 19.4. The standard InChI is InChI=1S/C15H17F4NO3/c1-10(6-11-4-3-5-12(16)7-11)14(22)23-8-13(21)20(2)9-15(17,18)19/h3-5,7,10H,6,8-9H2,1-2H3. The molecular formula is C15H17F4NO3. The molecule has 0 aliphatic rings. The van der Waals surface area contributed by atoms with Crippen molar-refractivity contribution in [1.29, 1.82) is 0 Å². The lowest BCUT2D eigenvalue weighted by Crippen LogP contribution is -2.38. The molecule has 0 spiro atoms. The molecule has 0 fully saturated rings. The van der Waals surface area contributed by atoms with Gasteiger partial charge in [0.15, 0.2) is 6.61 Å². The van der Waals surface area contributed by atoms with E-state index in [1.54, 1.807) is 6.07 Å². The Bertz CT molecular complexity index is 560. The zero-order valence-corrected chi connectivity index (χ0v) is 12.7. The number of benzene rings is 1. The summed E-state index contributed by atoms with van der Waals surface area (Å²) in [6.45, 7) is -0.654. The molecule has 0 heterocycles. The third-order valence-electron chi connectivity index (χ3n) is 3.01. The maximum Gasteiger partial charge on any atom is 0.406 e. The van der Waals surface area contributed by atoms with E-state index < -0.39 is 42.9 Å². The van der Waals surface area contributed by atoms with Crippen LogP contribution >= 0.6 is 0 Å². The van der Waals surface area contributed by atoms with E-state index in [1.807, 2.05) is 0 Å². The van der Waals surface area contributed by atoms with Gasteiger partial charge in [-0.1, -0.05) is 19.1 Å². The summed E-state index contributed by atoms with van der Waals surface area (Å²) in [6.07, 6.45) is -4.32. The number of hydrogen-bond acceptors (Lipinski definition) is 3. The van der Waals surface area contributed by atoms with Crippen molar-refractivity contribution in [1.82, 2.24) is 4.90 Å². The number of rotatable bonds is 6. The summed E-state index contributed by atoms with van der Waals surface area (Å²) >= 11 is 0. The molecule has 1 unspecified atom stereocenters. The van der Waals surface area contributed by atoms with Gasteiger partial charge in [0.1, 0.15) is 12.4 Å². The average molecular weight is 335 g/mol. The van der Waals surface area contributed by atoms with Gasteiger partial charge in [-0.05, 0) is 24.1 Å². The molecule has 8 heteroatoms. The number of alkyl halides is 3. The van der Waals surface area contributed by atoms with Crippen molar-refractivity contribution in [3.05, 3.63) is 35.6 Å². The molecular weight excluding hydrogens is 318 g/mol. The molecule has 1 amide bonds. The number of amides is 1. The van der Waals surface area contributed by atoms with Crippen LogP contribution in [-0.2, 0) is 20.7 Å². The highest BCUT2D eigenvalue weighted by molar-refractivity contribution is 5.81. The first kappa shape index (κ1) is 18.9.